The fraction of sp³-hybridized carbons (Fsp3) is 0.440. The average Bonchev–Trinajstić information content (AvgIpc) is 2.79. The van der Waals surface area contributed by atoms with Gasteiger partial charge in [-0.2, -0.15) is 4.98 Å². The lowest BCUT2D eigenvalue weighted by Gasteiger charge is -2.39. The highest BCUT2D eigenvalue weighted by Crippen LogP contribution is 2.33. The first-order chi connectivity index (χ1) is 16.1. The molecule has 2 amide bonds. The van der Waals surface area contributed by atoms with Crippen molar-refractivity contribution in [2.45, 2.75) is 40.7 Å². The number of hydrogen-bond donors (Lipinski definition) is 2. The summed E-state index contributed by atoms with van der Waals surface area (Å²) >= 11 is 0. The molecule has 0 bridgehead atoms. The number of aromatic nitrogens is 3. The van der Waals surface area contributed by atoms with E-state index in [1.807, 2.05) is 19.9 Å². The van der Waals surface area contributed by atoms with E-state index >= 15 is 0 Å². The van der Waals surface area contributed by atoms with E-state index in [1.165, 1.54) is 6.07 Å². The lowest BCUT2D eigenvalue weighted by atomic mass is 9.88. The molecule has 34 heavy (non-hydrogen) atoms. The Morgan fingerprint density at radius 1 is 1.18 bits per heavy atom. The Labute approximate surface area is 199 Å². The minimum absolute atomic E-state index is 0.0811. The molecular formula is C25H31FN6O2. The minimum Gasteiger partial charge on any atom is -0.374 e. The van der Waals surface area contributed by atoms with Crippen LogP contribution in [0.1, 0.15) is 32.0 Å². The van der Waals surface area contributed by atoms with Gasteiger partial charge in [0.15, 0.2) is 5.65 Å². The Bertz CT molecular complexity index is 1240. The predicted octanol–water partition coefficient (Wildman–Crippen LogP) is 4.77. The van der Waals surface area contributed by atoms with Gasteiger partial charge in [0.1, 0.15) is 5.82 Å². The molecule has 180 valence electrons. The Kier molecular flexibility index (Phi) is 6.40. The number of urea groups is 1. The van der Waals surface area contributed by atoms with Crippen LogP contribution in [0.5, 0.6) is 0 Å². The van der Waals surface area contributed by atoms with Crippen LogP contribution in [-0.4, -0.2) is 58.7 Å². The Balaban J connectivity index is 1.64. The molecule has 0 radical (unpaired) electrons. The molecule has 1 aliphatic heterocycles. The van der Waals surface area contributed by atoms with Crippen molar-refractivity contribution in [2.75, 3.05) is 37.4 Å². The summed E-state index contributed by atoms with van der Waals surface area (Å²) in [4.78, 5) is 27.9. The van der Waals surface area contributed by atoms with Crippen molar-refractivity contribution in [3.05, 3.63) is 41.5 Å². The minimum atomic E-state index is -0.483. The molecule has 1 atom stereocenters. The van der Waals surface area contributed by atoms with E-state index in [1.54, 1.807) is 24.2 Å². The first-order valence-electron chi connectivity index (χ1n) is 11.4. The molecule has 2 aromatic heterocycles. The molecule has 0 saturated carbocycles. The normalized spacial score (nSPS) is 16.6. The summed E-state index contributed by atoms with van der Waals surface area (Å²) in [5, 5.41) is 6.45. The molecule has 2 N–H and O–H groups in total. The highest BCUT2D eigenvalue weighted by molar-refractivity contribution is 5.91. The number of pyridine rings is 1. The Morgan fingerprint density at radius 3 is 2.65 bits per heavy atom. The molecule has 1 aromatic carbocycles. The highest BCUT2D eigenvalue weighted by atomic mass is 19.1. The first kappa shape index (κ1) is 23.8. The third kappa shape index (κ3) is 4.79. The largest absolute Gasteiger partial charge is 0.374 e. The van der Waals surface area contributed by atoms with Gasteiger partial charge in [-0.05, 0) is 48.6 Å². The number of ether oxygens (including phenoxy) is 1. The molecule has 8 nitrogen and oxygen atoms in total. The van der Waals surface area contributed by atoms with Crippen LogP contribution in [0.4, 0.5) is 20.8 Å². The monoisotopic (exact) mass is 466 g/mol. The number of morpholine rings is 1. The number of amides is 2. The van der Waals surface area contributed by atoms with Gasteiger partial charge in [-0.15, -0.1) is 0 Å². The van der Waals surface area contributed by atoms with Crippen molar-refractivity contribution >= 4 is 28.7 Å². The Hall–Kier alpha value is -3.33. The van der Waals surface area contributed by atoms with Crippen LogP contribution < -0.4 is 10.6 Å². The summed E-state index contributed by atoms with van der Waals surface area (Å²) in [6, 6.07) is 4.71. The van der Waals surface area contributed by atoms with Gasteiger partial charge in [-0.3, -0.25) is 0 Å². The summed E-state index contributed by atoms with van der Waals surface area (Å²) < 4.78 is 20.7. The van der Waals surface area contributed by atoms with Crippen molar-refractivity contribution in [1.82, 2.24) is 19.9 Å². The van der Waals surface area contributed by atoms with E-state index in [9.17, 15) is 9.18 Å². The number of fused-ring (bicyclic) bond motifs is 1. The van der Waals surface area contributed by atoms with E-state index in [0.717, 1.165) is 27.8 Å². The number of halogens is 1. The van der Waals surface area contributed by atoms with Crippen molar-refractivity contribution in [3.63, 3.8) is 0 Å². The maximum atomic E-state index is 14.9. The maximum absolute atomic E-state index is 14.9. The molecule has 4 rings (SSSR count). The lowest BCUT2D eigenvalue weighted by Crippen LogP contribution is -2.51. The van der Waals surface area contributed by atoms with Crippen LogP contribution in [0.3, 0.4) is 0 Å². The van der Waals surface area contributed by atoms with Crippen LogP contribution in [-0.2, 0) is 4.74 Å². The van der Waals surface area contributed by atoms with Crippen LogP contribution in [0, 0.1) is 25.1 Å². The van der Waals surface area contributed by atoms with Crippen molar-refractivity contribution < 1.29 is 13.9 Å². The van der Waals surface area contributed by atoms with E-state index in [0.29, 0.717) is 31.3 Å². The van der Waals surface area contributed by atoms with Crippen LogP contribution in [0.25, 0.3) is 22.2 Å². The molecule has 0 aliphatic carbocycles. The van der Waals surface area contributed by atoms with Crippen LogP contribution >= 0.6 is 0 Å². The van der Waals surface area contributed by atoms with Gasteiger partial charge in [-0.25, -0.2) is 19.2 Å². The fourth-order valence-electron chi connectivity index (χ4n) is 4.06. The quantitative estimate of drug-likeness (QED) is 0.578. The summed E-state index contributed by atoms with van der Waals surface area (Å²) in [6.45, 7) is 11.3. The molecule has 3 heterocycles. The highest BCUT2D eigenvalue weighted by Gasteiger charge is 2.32. The summed E-state index contributed by atoms with van der Waals surface area (Å²) in [5.74, 6) is 0.00977. The molecular weight excluding hydrogens is 435 g/mol. The molecule has 9 heteroatoms. The SMILES string of the molecule is CNc1ncc2cc(-c3cc(NC(=O)N4CCO[C@@H](C(C)(C)C)C4)c(F)cc3C)c(C)nc2n1. The molecule has 3 aromatic rings. The number of carbonyl (C=O) groups excluding carboxylic acids is 1. The second kappa shape index (κ2) is 9.13. The molecule has 1 aliphatic rings. The zero-order valence-electron chi connectivity index (χ0n) is 20.5. The van der Waals surface area contributed by atoms with Gasteiger partial charge >= 0.3 is 6.03 Å². The third-order valence-electron chi connectivity index (χ3n) is 6.15. The molecule has 1 fully saturated rings. The van der Waals surface area contributed by atoms with Gasteiger partial charge < -0.3 is 20.3 Å². The number of hydrogen-bond acceptors (Lipinski definition) is 6. The van der Waals surface area contributed by atoms with Gasteiger partial charge in [0, 0.05) is 43.0 Å². The van der Waals surface area contributed by atoms with Gasteiger partial charge in [0.05, 0.1) is 18.4 Å². The average molecular weight is 467 g/mol. The van der Waals surface area contributed by atoms with Crippen molar-refractivity contribution in [3.8, 4) is 11.1 Å². The van der Waals surface area contributed by atoms with Crippen LogP contribution in [0.15, 0.2) is 24.4 Å². The number of carbonyl (C=O) groups is 1. The standard InChI is InChI=1S/C25H31FN6O2/c1-14-9-19(26)20(30-24(33)32-7-8-34-21(13-32)25(3,4)5)11-17(14)18-10-16-12-28-23(27-6)31-22(16)29-15(18)2/h9-12,21H,7-8,13H2,1-6H3,(H,30,33)(H,27,28,29,31)/t21-/m1/s1. The summed E-state index contributed by atoms with van der Waals surface area (Å²) in [7, 11) is 1.75. The smallest absolute Gasteiger partial charge is 0.322 e. The number of aryl methyl sites for hydroxylation is 2. The van der Waals surface area contributed by atoms with E-state index in [2.05, 4.69) is 46.4 Å². The van der Waals surface area contributed by atoms with Crippen molar-refractivity contribution in [1.29, 1.82) is 0 Å². The zero-order valence-corrected chi connectivity index (χ0v) is 20.5. The van der Waals surface area contributed by atoms with Gasteiger partial charge in [0.2, 0.25) is 5.95 Å². The fourth-order valence-corrected chi connectivity index (χ4v) is 4.06. The predicted molar refractivity (Wildman–Crippen MR) is 132 cm³/mol. The third-order valence-corrected chi connectivity index (χ3v) is 6.15. The molecule has 1 saturated heterocycles. The number of rotatable bonds is 3. The summed E-state index contributed by atoms with van der Waals surface area (Å²) in [5.41, 5.74) is 3.73. The Morgan fingerprint density at radius 2 is 1.94 bits per heavy atom. The van der Waals surface area contributed by atoms with Gasteiger partial charge in [0.25, 0.3) is 0 Å². The zero-order chi connectivity index (χ0) is 24.6. The molecule has 0 spiro atoms. The number of benzene rings is 1. The van der Waals surface area contributed by atoms with Crippen LogP contribution in [0.2, 0.25) is 0 Å². The second-order valence-electron chi connectivity index (χ2n) is 9.73. The maximum Gasteiger partial charge on any atom is 0.322 e. The van der Waals surface area contributed by atoms with Gasteiger partial charge in [-0.1, -0.05) is 20.8 Å². The lowest BCUT2D eigenvalue weighted by molar-refractivity contribution is -0.0664. The van der Waals surface area contributed by atoms with E-state index in [-0.39, 0.29) is 23.2 Å². The van der Waals surface area contributed by atoms with E-state index in [4.69, 9.17) is 4.74 Å². The second-order valence-corrected chi connectivity index (χ2v) is 9.73. The number of nitrogens with one attached hydrogen (secondary N) is 2. The first-order valence-corrected chi connectivity index (χ1v) is 11.4. The summed E-state index contributed by atoms with van der Waals surface area (Å²) in [6.07, 6.45) is 1.62. The number of anilines is 2. The number of nitrogens with zero attached hydrogens (tertiary/aromatic N) is 4. The van der Waals surface area contributed by atoms with E-state index < -0.39 is 5.82 Å². The topological polar surface area (TPSA) is 92.3 Å². The molecule has 0 unspecified atom stereocenters. The van der Waals surface area contributed by atoms with Crippen molar-refractivity contribution in [2.24, 2.45) is 5.41 Å².